The van der Waals surface area contributed by atoms with Crippen LogP contribution in [0.4, 0.5) is 10.3 Å². The predicted molar refractivity (Wildman–Crippen MR) is 114 cm³/mol. The van der Waals surface area contributed by atoms with E-state index in [1.165, 1.54) is 12.1 Å². The molecule has 168 valence electrons. The third kappa shape index (κ3) is 4.91. The normalized spacial score (nSPS) is 16.2. The second kappa shape index (κ2) is 9.39. The second-order valence-corrected chi connectivity index (χ2v) is 7.80. The summed E-state index contributed by atoms with van der Waals surface area (Å²) in [4.78, 5) is 29.7. The summed E-state index contributed by atoms with van der Waals surface area (Å²) in [7, 11) is 3.71. The van der Waals surface area contributed by atoms with Crippen molar-refractivity contribution in [3.05, 3.63) is 53.7 Å². The molecule has 1 saturated heterocycles. The Morgan fingerprint density at radius 2 is 2.03 bits per heavy atom. The Morgan fingerprint density at radius 1 is 1.25 bits per heavy atom. The van der Waals surface area contributed by atoms with Crippen LogP contribution in [0.1, 0.15) is 29.9 Å². The average molecular weight is 440 g/mol. The van der Waals surface area contributed by atoms with Gasteiger partial charge in [-0.15, -0.1) is 0 Å². The molecule has 1 aromatic carbocycles. The van der Waals surface area contributed by atoms with Gasteiger partial charge in [0.1, 0.15) is 11.9 Å². The van der Waals surface area contributed by atoms with E-state index in [1.54, 1.807) is 35.1 Å². The number of hydrogen-bond donors (Lipinski definition) is 0. The molecule has 0 aliphatic carbocycles. The lowest BCUT2D eigenvalue weighted by molar-refractivity contribution is -0.139. The van der Waals surface area contributed by atoms with Crippen LogP contribution < -0.4 is 4.90 Å². The van der Waals surface area contributed by atoms with Gasteiger partial charge in [0.15, 0.2) is 5.82 Å². The quantitative estimate of drug-likeness (QED) is 0.577. The number of anilines is 1. The molecule has 1 aliphatic rings. The van der Waals surface area contributed by atoms with Gasteiger partial charge in [0.2, 0.25) is 17.7 Å². The van der Waals surface area contributed by atoms with Crippen molar-refractivity contribution in [3.63, 3.8) is 0 Å². The molecule has 1 atom stereocenters. The zero-order valence-corrected chi connectivity index (χ0v) is 18.3. The maximum absolute atomic E-state index is 13.4. The maximum atomic E-state index is 13.4. The fraction of sp³-hybridized carbons (Fsp3) is 0.409. The fourth-order valence-corrected chi connectivity index (χ4v) is 3.55. The van der Waals surface area contributed by atoms with E-state index >= 15 is 0 Å². The largest absolute Gasteiger partial charge is 0.368 e. The molecule has 1 fully saturated rings. The van der Waals surface area contributed by atoms with E-state index in [0.717, 1.165) is 11.1 Å². The molecule has 1 aliphatic heterocycles. The summed E-state index contributed by atoms with van der Waals surface area (Å²) in [5.41, 5.74) is 2.20. The Bertz CT molecular complexity index is 1090. The van der Waals surface area contributed by atoms with E-state index < -0.39 is 6.10 Å². The van der Waals surface area contributed by atoms with E-state index in [4.69, 9.17) is 14.2 Å². The summed E-state index contributed by atoms with van der Waals surface area (Å²) in [6, 6.07) is 6.17. The van der Waals surface area contributed by atoms with Crippen molar-refractivity contribution in [2.24, 2.45) is 0 Å². The number of ether oxygens (including phenoxy) is 1. The number of carbonyl (C=O) groups is 1. The topological polar surface area (TPSA) is 97.5 Å². The first-order valence-electron chi connectivity index (χ1n) is 10.4. The molecule has 0 spiro atoms. The molecule has 0 N–H and O–H groups in total. The van der Waals surface area contributed by atoms with Crippen LogP contribution >= 0.6 is 0 Å². The van der Waals surface area contributed by atoms with Crippen molar-refractivity contribution in [1.29, 1.82) is 0 Å². The second-order valence-electron chi connectivity index (χ2n) is 7.80. The number of nitrogens with zero attached hydrogens (tertiary/aromatic N) is 6. The van der Waals surface area contributed by atoms with Gasteiger partial charge in [-0.1, -0.05) is 17.3 Å². The van der Waals surface area contributed by atoms with Gasteiger partial charge in [0.05, 0.1) is 18.8 Å². The lowest BCUT2D eigenvalue weighted by atomic mass is 10.0. The third-order valence-electron chi connectivity index (χ3n) is 5.21. The van der Waals surface area contributed by atoms with Gasteiger partial charge in [-0.3, -0.25) is 4.79 Å². The van der Waals surface area contributed by atoms with E-state index in [1.807, 2.05) is 14.1 Å². The minimum atomic E-state index is -0.430. The number of morpholine rings is 1. The summed E-state index contributed by atoms with van der Waals surface area (Å²) in [5, 5.41) is 3.75. The number of aryl methyl sites for hydroxylation is 2. The molecule has 4 rings (SSSR count). The molecule has 10 heteroatoms. The standard InChI is InChI=1S/C22H25FN6O3/c1-14-25-19(32-27-14)8-9-20(30)29-10-11-31-18(13-29)21-17(12-24-22(26-21)28(2)3)15-4-6-16(23)7-5-15/h4-7,12,18H,8-11,13H2,1-3H3/t18-/m0/s1. The summed E-state index contributed by atoms with van der Waals surface area (Å²) in [6.45, 7) is 2.99. The minimum Gasteiger partial charge on any atom is -0.368 e. The van der Waals surface area contributed by atoms with Crippen LogP contribution in [0, 0.1) is 12.7 Å². The number of benzene rings is 1. The summed E-state index contributed by atoms with van der Waals surface area (Å²) in [5.74, 6) is 1.20. The molecule has 0 bridgehead atoms. The van der Waals surface area contributed by atoms with Gasteiger partial charge in [0, 0.05) is 45.2 Å². The van der Waals surface area contributed by atoms with Gasteiger partial charge >= 0.3 is 0 Å². The van der Waals surface area contributed by atoms with Crippen LogP contribution in [0.5, 0.6) is 0 Å². The van der Waals surface area contributed by atoms with Crippen LogP contribution in [0.15, 0.2) is 35.0 Å². The molecule has 3 heterocycles. The molecule has 1 amide bonds. The number of halogens is 1. The van der Waals surface area contributed by atoms with Crippen molar-refractivity contribution >= 4 is 11.9 Å². The van der Waals surface area contributed by atoms with Gasteiger partial charge in [0.25, 0.3) is 0 Å². The molecule has 2 aromatic heterocycles. The minimum absolute atomic E-state index is 0.0145. The zero-order valence-electron chi connectivity index (χ0n) is 18.3. The van der Waals surface area contributed by atoms with Crippen LogP contribution in [0.25, 0.3) is 11.1 Å². The van der Waals surface area contributed by atoms with Gasteiger partial charge < -0.3 is 19.1 Å². The molecule has 3 aromatic rings. The first kappa shape index (κ1) is 21.8. The number of amides is 1. The van der Waals surface area contributed by atoms with Gasteiger partial charge in [-0.05, 0) is 24.6 Å². The van der Waals surface area contributed by atoms with E-state index in [2.05, 4.69) is 15.1 Å². The van der Waals surface area contributed by atoms with E-state index in [-0.39, 0.29) is 18.1 Å². The van der Waals surface area contributed by atoms with Crippen molar-refractivity contribution in [3.8, 4) is 11.1 Å². The molecule has 0 unspecified atom stereocenters. The monoisotopic (exact) mass is 440 g/mol. The lowest BCUT2D eigenvalue weighted by Gasteiger charge is -2.33. The SMILES string of the molecule is Cc1noc(CCC(=O)N2CCO[C@H](c3nc(N(C)C)ncc3-c3ccc(F)cc3)C2)n1. The Labute approximate surface area is 185 Å². The Kier molecular flexibility index (Phi) is 6.40. The first-order valence-corrected chi connectivity index (χ1v) is 10.4. The molecule has 0 saturated carbocycles. The smallest absolute Gasteiger partial charge is 0.227 e. The number of aromatic nitrogens is 4. The van der Waals surface area contributed by atoms with Gasteiger partial charge in [-0.2, -0.15) is 4.98 Å². The predicted octanol–water partition coefficient (Wildman–Crippen LogP) is 2.57. The van der Waals surface area contributed by atoms with Crippen LogP contribution in [-0.2, 0) is 16.0 Å². The highest BCUT2D eigenvalue weighted by molar-refractivity contribution is 5.76. The van der Waals surface area contributed by atoms with Crippen molar-refractivity contribution in [2.45, 2.75) is 25.9 Å². The third-order valence-corrected chi connectivity index (χ3v) is 5.21. The lowest BCUT2D eigenvalue weighted by Crippen LogP contribution is -2.42. The molecule has 0 radical (unpaired) electrons. The van der Waals surface area contributed by atoms with E-state index in [0.29, 0.717) is 49.5 Å². The Morgan fingerprint density at radius 3 is 2.72 bits per heavy atom. The van der Waals surface area contributed by atoms with Crippen molar-refractivity contribution in [1.82, 2.24) is 25.0 Å². The molecule has 32 heavy (non-hydrogen) atoms. The highest BCUT2D eigenvalue weighted by Gasteiger charge is 2.29. The first-order chi connectivity index (χ1) is 15.4. The summed E-state index contributed by atoms with van der Waals surface area (Å²) < 4.78 is 24.6. The number of hydrogen-bond acceptors (Lipinski definition) is 8. The summed E-state index contributed by atoms with van der Waals surface area (Å²) >= 11 is 0. The highest BCUT2D eigenvalue weighted by Crippen LogP contribution is 2.31. The molecule has 9 nitrogen and oxygen atoms in total. The van der Waals surface area contributed by atoms with E-state index in [9.17, 15) is 9.18 Å². The number of carbonyl (C=O) groups excluding carboxylic acids is 1. The number of rotatable bonds is 6. The summed E-state index contributed by atoms with van der Waals surface area (Å²) in [6.07, 6.45) is 1.94. The average Bonchev–Trinajstić information content (AvgIpc) is 3.22. The Hall–Kier alpha value is -3.40. The highest BCUT2D eigenvalue weighted by atomic mass is 19.1. The molecular formula is C22H25FN6O3. The Balaban J connectivity index is 1.55. The fourth-order valence-electron chi connectivity index (χ4n) is 3.55. The maximum Gasteiger partial charge on any atom is 0.227 e. The van der Waals surface area contributed by atoms with Crippen molar-refractivity contribution < 1.29 is 18.4 Å². The van der Waals surface area contributed by atoms with Gasteiger partial charge in [-0.25, -0.2) is 14.4 Å². The molecular weight excluding hydrogens is 415 g/mol. The van der Waals surface area contributed by atoms with Crippen LogP contribution in [0.3, 0.4) is 0 Å². The van der Waals surface area contributed by atoms with Crippen molar-refractivity contribution in [2.75, 3.05) is 38.7 Å². The zero-order chi connectivity index (χ0) is 22.7. The van der Waals surface area contributed by atoms with Crippen LogP contribution in [-0.4, -0.2) is 64.7 Å². The van der Waals surface area contributed by atoms with Crippen LogP contribution in [0.2, 0.25) is 0 Å².